The van der Waals surface area contributed by atoms with Crippen LogP contribution in [0.3, 0.4) is 0 Å². The van der Waals surface area contributed by atoms with E-state index in [0.29, 0.717) is 19.6 Å². The predicted molar refractivity (Wildman–Crippen MR) is 93.5 cm³/mol. The summed E-state index contributed by atoms with van der Waals surface area (Å²) in [4.78, 5) is 25.4. The average Bonchev–Trinajstić information content (AvgIpc) is 2.99. The Hall–Kier alpha value is -1.91. The summed E-state index contributed by atoms with van der Waals surface area (Å²) in [7, 11) is -2.58. The van der Waals surface area contributed by atoms with Gasteiger partial charge < -0.3 is 19.2 Å². The molecule has 2 N–H and O–H groups in total. The van der Waals surface area contributed by atoms with Crippen LogP contribution in [-0.4, -0.2) is 63.7 Å². The molecule has 1 unspecified atom stereocenters. The van der Waals surface area contributed by atoms with Crippen LogP contribution in [0.4, 0.5) is 0 Å². The van der Waals surface area contributed by atoms with E-state index in [-0.39, 0.29) is 29.5 Å². The summed E-state index contributed by atoms with van der Waals surface area (Å²) in [5.41, 5.74) is 0.0906. The first-order valence-corrected chi connectivity index (χ1v) is 9.76. The number of carbonyl (C=O) groups is 2. The average molecular weight is 390 g/mol. The third-order valence-electron chi connectivity index (χ3n) is 3.78. The second kappa shape index (κ2) is 9.70. The summed E-state index contributed by atoms with van der Waals surface area (Å²) in [6, 6.07) is 1.16. The molecular weight excluding hydrogens is 364 g/mol. The van der Waals surface area contributed by atoms with Crippen LogP contribution in [0.5, 0.6) is 0 Å². The molecule has 148 valence electrons. The standard InChI is InChI=1S/C16H26N2O7S/c1-5-24-8-6-7-18(10-11(2)16(20)21)15(19)13-9-14(25-12(13)3)26(22,23)17-4/h9,11,17H,5-8,10H2,1-4H3,(H,20,21). The van der Waals surface area contributed by atoms with Gasteiger partial charge in [-0.25, -0.2) is 13.1 Å². The fraction of sp³-hybridized carbons (Fsp3) is 0.625. The zero-order valence-electron chi connectivity index (χ0n) is 15.4. The lowest BCUT2D eigenvalue weighted by atomic mass is 10.1. The lowest BCUT2D eigenvalue weighted by Gasteiger charge is -2.24. The molecule has 0 saturated carbocycles. The number of furan rings is 1. The largest absolute Gasteiger partial charge is 0.481 e. The van der Waals surface area contributed by atoms with Crippen molar-refractivity contribution in [1.82, 2.24) is 9.62 Å². The van der Waals surface area contributed by atoms with Crippen LogP contribution in [0.1, 0.15) is 36.4 Å². The van der Waals surface area contributed by atoms with Gasteiger partial charge in [0, 0.05) is 32.4 Å². The summed E-state index contributed by atoms with van der Waals surface area (Å²) in [5.74, 6) is -2.11. The minimum atomic E-state index is -3.82. The maximum atomic E-state index is 12.8. The maximum absolute atomic E-state index is 12.8. The van der Waals surface area contributed by atoms with Crippen molar-refractivity contribution >= 4 is 21.9 Å². The molecule has 1 atom stereocenters. The van der Waals surface area contributed by atoms with Gasteiger partial charge in [-0.3, -0.25) is 9.59 Å². The Morgan fingerprint density at radius 1 is 1.42 bits per heavy atom. The molecule has 0 saturated heterocycles. The zero-order chi connectivity index (χ0) is 19.9. The number of sulfonamides is 1. The van der Waals surface area contributed by atoms with Gasteiger partial charge in [-0.2, -0.15) is 0 Å². The first-order chi connectivity index (χ1) is 12.1. The van der Waals surface area contributed by atoms with E-state index in [9.17, 15) is 18.0 Å². The normalized spacial score (nSPS) is 12.8. The molecule has 9 nitrogen and oxygen atoms in total. The van der Waals surface area contributed by atoms with Crippen molar-refractivity contribution in [3.8, 4) is 0 Å². The van der Waals surface area contributed by atoms with Gasteiger partial charge in [0.1, 0.15) is 5.76 Å². The second-order valence-corrected chi connectivity index (χ2v) is 7.60. The molecule has 1 heterocycles. The van der Waals surface area contributed by atoms with Crippen molar-refractivity contribution < 1.29 is 32.3 Å². The molecule has 1 rings (SSSR count). The Bertz CT molecular complexity index is 727. The minimum Gasteiger partial charge on any atom is -0.481 e. The van der Waals surface area contributed by atoms with Crippen LogP contribution in [-0.2, 0) is 19.6 Å². The van der Waals surface area contributed by atoms with Crippen molar-refractivity contribution in [3.63, 3.8) is 0 Å². The molecule has 0 aromatic carbocycles. The highest BCUT2D eigenvalue weighted by atomic mass is 32.2. The Morgan fingerprint density at radius 2 is 2.08 bits per heavy atom. The number of rotatable bonds is 11. The number of aliphatic carboxylic acids is 1. The van der Waals surface area contributed by atoms with Crippen LogP contribution in [0.2, 0.25) is 0 Å². The monoisotopic (exact) mass is 390 g/mol. The van der Waals surface area contributed by atoms with Crippen molar-refractivity contribution in [3.05, 3.63) is 17.4 Å². The summed E-state index contributed by atoms with van der Waals surface area (Å²) in [6.07, 6.45) is 0.532. The van der Waals surface area contributed by atoms with Gasteiger partial charge in [-0.15, -0.1) is 0 Å². The highest BCUT2D eigenvalue weighted by Gasteiger charge is 2.27. The van der Waals surface area contributed by atoms with Crippen LogP contribution in [0.25, 0.3) is 0 Å². The third kappa shape index (κ3) is 5.82. The molecule has 26 heavy (non-hydrogen) atoms. The fourth-order valence-corrected chi connectivity index (χ4v) is 2.97. The highest BCUT2D eigenvalue weighted by molar-refractivity contribution is 7.89. The van der Waals surface area contributed by atoms with Gasteiger partial charge in [0.2, 0.25) is 5.09 Å². The number of nitrogens with zero attached hydrogens (tertiary/aromatic N) is 1. The molecule has 0 spiro atoms. The molecule has 1 aromatic rings. The number of carboxylic acids is 1. The molecule has 0 fully saturated rings. The summed E-state index contributed by atoms with van der Waals surface area (Å²) >= 11 is 0. The van der Waals surface area contributed by atoms with Gasteiger partial charge in [0.25, 0.3) is 15.9 Å². The Labute approximate surface area is 153 Å². The molecule has 0 aliphatic rings. The molecule has 10 heteroatoms. The number of nitrogens with one attached hydrogen (secondary N) is 1. The minimum absolute atomic E-state index is 0.000969. The van der Waals surface area contributed by atoms with E-state index >= 15 is 0 Å². The van der Waals surface area contributed by atoms with E-state index < -0.39 is 27.8 Å². The van der Waals surface area contributed by atoms with E-state index in [2.05, 4.69) is 4.72 Å². The number of amides is 1. The summed E-state index contributed by atoms with van der Waals surface area (Å²) in [6.45, 7) is 6.12. The van der Waals surface area contributed by atoms with Crippen LogP contribution in [0, 0.1) is 12.8 Å². The van der Waals surface area contributed by atoms with Gasteiger partial charge in [0.05, 0.1) is 11.5 Å². The third-order valence-corrected chi connectivity index (χ3v) is 5.05. The number of carbonyl (C=O) groups excluding carboxylic acids is 1. The van der Waals surface area contributed by atoms with Crippen molar-refractivity contribution in [2.45, 2.75) is 32.3 Å². The quantitative estimate of drug-likeness (QED) is 0.542. The smallest absolute Gasteiger partial charge is 0.308 e. The summed E-state index contributed by atoms with van der Waals surface area (Å²) < 4.78 is 36.3. The molecule has 0 radical (unpaired) electrons. The second-order valence-electron chi connectivity index (χ2n) is 5.78. The maximum Gasteiger partial charge on any atom is 0.308 e. The van der Waals surface area contributed by atoms with Crippen LogP contribution < -0.4 is 4.72 Å². The van der Waals surface area contributed by atoms with E-state index in [0.717, 1.165) is 6.07 Å². The van der Waals surface area contributed by atoms with Gasteiger partial charge in [-0.05, 0) is 27.3 Å². The van der Waals surface area contributed by atoms with Gasteiger partial charge >= 0.3 is 5.97 Å². The van der Waals surface area contributed by atoms with Crippen LogP contribution >= 0.6 is 0 Å². The molecule has 1 amide bonds. The van der Waals surface area contributed by atoms with Crippen molar-refractivity contribution in [2.75, 3.05) is 33.4 Å². The van der Waals surface area contributed by atoms with Gasteiger partial charge in [-0.1, -0.05) is 6.92 Å². The van der Waals surface area contributed by atoms with Gasteiger partial charge in [0.15, 0.2) is 0 Å². The lowest BCUT2D eigenvalue weighted by Crippen LogP contribution is -2.38. The van der Waals surface area contributed by atoms with E-state index in [1.165, 1.54) is 25.8 Å². The number of hydrogen-bond acceptors (Lipinski definition) is 6. The van der Waals surface area contributed by atoms with Crippen LogP contribution in [0.15, 0.2) is 15.6 Å². The predicted octanol–water partition coefficient (Wildman–Crippen LogP) is 1.09. The van der Waals surface area contributed by atoms with E-state index in [1.807, 2.05) is 6.92 Å². The molecule has 0 aliphatic heterocycles. The Morgan fingerprint density at radius 3 is 2.62 bits per heavy atom. The Kier molecular flexibility index (Phi) is 8.25. The SMILES string of the molecule is CCOCCCN(CC(C)C(=O)O)C(=O)c1cc(S(=O)(=O)NC)oc1C. The van der Waals surface area contributed by atoms with Crippen molar-refractivity contribution in [1.29, 1.82) is 0 Å². The van der Waals surface area contributed by atoms with Crippen molar-refractivity contribution in [2.24, 2.45) is 5.92 Å². The highest BCUT2D eigenvalue weighted by Crippen LogP contribution is 2.21. The molecule has 1 aromatic heterocycles. The fourth-order valence-electron chi connectivity index (χ4n) is 2.26. The molecule has 0 aliphatic carbocycles. The number of carboxylic acid groups (broad SMARTS) is 1. The number of hydrogen-bond donors (Lipinski definition) is 2. The zero-order valence-corrected chi connectivity index (χ0v) is 16.3. The first kappa shape index (κ1) is 22.1. The topological polar surface area (TPSA) is 126 Å². The first-order valence-electron chi connectivity index (χ1n) is 8.27. The summed E-state index contributed by atoms with van der Waals surface area (Å²) in [5, 5.41) is 8.76. The molecule has 0 bridgehead atoms. The number of ether oxygens (including phenoxy) is 1. The van der Waals surface area contributed by atoms with E-state index in [1.54, 1.807) is 0 Å². The lowest BCUT2D eigenvalue weighted by molar-refractivity contribution is -0.141. The number of aryl methyl sites for hydroxylation is 1. The Balaban J connectivity index is 3.04. The molecular formula is C16H26N2O7S. The van der Waals surface area contributed by atoms with E-state index in [4.69, 9.17) is 14.3 Å².